The molecule has 0 atom stereocenters. The summed E-state index contributed by atoms with van der Waals surface area (Å²) in [6, 6.07) is 0. The summed E-state index contributed by atoms with van der Waals surface area (Å²) in [4.78, 5) is 0. The highest BCUT2D eigenvalue weighted by Gasteiger charge is 2.08. The Morgan fingerprint density at radius 3 is 2.75 bits per heavy atom. The molecule has 0 aliphatic carbocycles. The van der Waals surface area contributed by atoms with Crippen LogP contribution in [0.1, 0.15) is 26.7 Å². The molecule has 1 heterocycles. The third kappa shape index (κ3) is 3.48. The number of hydrogen-bond donors (Lipinski definition) is 1. The molecule has 1 rings (SSSR count). The van der Waals surface area contributed by atoms with Gasteiger partial charge >= 0.3 is 0 Å². The molecule has 68 valence electrons. The molecule has 1 aromatic rings. The highest BCUT2D eigenvalue weighted by Crippen LogP contribution is 1.99. The summed E-state index contributed by atoms with van der Waals surface area (Å²) >= 11 is 0. The van der Waals surface area contributed by atoms with Crippen LogP contribution in [0.25, 0.3) is 0 Å². The second-order valence-electron chi connectivity index (χ2n) is 3.76. The molecule has 0 saturated carbocycles. The van der Waals surface area contributed by atoms with Crippen molar-refractivity contribution in [1.82, 2.24) is 15.5 Å². The van der Waals surface area contributed by atoms with Gasteiger partial charge in [0.05, 0.1) is 0 Å². The molecule has 0 aromatic carbocycles. The fourth-order valence-corrected chi connectivity index (χ4v) is 0.849. The van der Waals surface area contributed by atoms with E-state index < -0.39 is 0 Å². The van der Waals surface area contributed by atoms with E-state index >= 15 is 0 Å². The van der Waals surface area contributed by atoms with Crippen molar-refractivity contribution in [1.29, 1.82) is 0 Å². The molecular weight excluding hydrogens is 154 g/mol. The SMILES string of the molecule is CC(C)(C)NCCc1nnco1. The van der Waals surface area contributed by atoms with Crippen LogP contribution in [0.15, 0.2) is 10.8 Å². The molecule has 0 unspecified atom stereocenters. The van der Waals surface area contributed by atoms with Crippen LogP contribution in [0, 0.1) is 0 Å². The second kappa shape index (κ2) is 3.67. The van der Waals surface area contributed by atoms with E-state index in [1.807, 2.05) is 0 Å². The first-order chi connectivity index (χ1) is 5.58. The summed E-state index contributed by atoms with van der Waals surface area (Å²) < 4.78 is 4.99. The maximum Gasteiger partial charge on any atom is 0.217 e. The van der Waals surface area contributed by atoms with E-state index in [-0.39, 0.29) is 5.54 Å². The highest BCUT2D eigenvalue weighted by atomic mass is 16.4. The van der Waals surface area contributed by atoms with Crippen LogP contribution >= 0.6 is 0 Å². The standard InChI is InChI=1S/C8H15N3O/c1-8(2,3)9-5-4-7-11-10-6-12-7/h6,9H,4-5H2,1-3H3. The van der Waals surface area contributed by atoms with E-state index in [0.717, 1.165) is 13.0 Å². The van der Waals surface area contributed by atoms with Crippen molar-refractivity contribution in [3.05, 3.63) is 12.3 Å². The fourth-order valence-electron chi connectivity index (χ4n) is 0.849. The summed E-state index contributed by atoms with van der Waals surface area (Å²) in [6.45, 7) is 7.24. The lowest BCUT2D eigenvalue weighted by Crippen LogP contribution is -2.37. The Kier molecular flexibility index (Phi) is 2.81. The Bertz CT molecular complexity index is 213. The summed E-state index contributed by atoms with van der Waals surface area (Å²) in [5.74, 6) is 0.687. The Balaban J connectivity index is 2.20. The van der Waals surface area contributed by atoms with Gasteiger partial charge in [0.15, 0.2) is 0 Å². The van der Waals surface area contributed by atoms with Crippen molar-refractivity contribution in [2.45, 2.75) is 32.7 Å². The van der Waals surface area contributed by atoms with E-state index in [0.29, 0.717) is 5.89 Å². The van der Waals surface area contributed by atoms with Crippen LogP contribution in [-0.4, -0.2) is 22.3 Å². The molecule has 0 amide bonds. The summed E-state index contributed by atoms with van der Waals surface area (Å²) in [5, 5.41) is 10.7. The quantitative estimate of drug-likeness (QED) is 0.733. The lowest BCUT2D eigenvalue weighted by molar-refractivity contribution is 0.410. The van der Waals surface area contributed by atoms with E-state index in [2.05, 4.69) is 36.3 Å². The number of rotatable bonds is 3. The third-order valence-electron chi connectivity index (χ3n) is 1.40. The van der Waals surface area contributed by atoms with Crippen molar-refractivity contribution in [2.75, 3.05) is 6.54 Å². The maximum atomic E-state index is 4.99. The number of hydrogen-bond acceptors (Lipinski definition) is 4. The van der Waals surface area contributed by atoms with Gasteiger partial charge in [0.2, 0.25) is 12.3 Å². The molecule has 1 N–H and O–H groups in total. The van der Waals surface area contributed by atoms with Crippen molar-refractivity contribution >= 4 is 0 Å². The number of aromatic nitrogens is 2. The van der Waals surface area contributed by atoms with E-state index in [1.165, 1.54) is 6.39 Å². The minimum absolute atomic E-state index is 0.153. The van der Waals surface area contributed by atoms with Gasteiger partial charge in [-0.25, -0.2) is 0 Å². The van der Waals surface area contributed by atoms with E-state index in [4.69, 9.17) is 4.42 Å². The fraction of sp³-hybridized carbons (Fsp3) is 0.750. The Morgan fingerprint density at radius 1 is 1.50 bits per heavy atom. The van der Waals surface area contributed by atoms with Gasteiger partial charge < -0.3 is 9.73 Å². The summed E-state index contributed by atoms with van der Waals surface area (Å²) in [5.41, 5.74) is 0.153. The topological polar surface area (TPSA) is 51.0 Å². The molecular formula is C8H15N3O. The first-order valence-electron chi connectivity index (χ1n) is 4.08. The predicted molar refractivity (Wildman–Crippen MR) is 45.8 cm³/mol. The van der Waals surface area contributed by atoms with E-state index in [1.54, 1.807) is 0 Å². The van der Waals surface area contributed by atoms with Crippen molar-refractivity contribution in [3.8, 4) is 0 Å². The monoisotopic (exact) mass is 169 g/mol. The zero-order valence-electron chi connectivity index (χ0n) is 7.79. The van der Waals surface area contributed by atoms with Crippen LogP contribution < -0.4 is 5.32 Å². The number of nitrogens with one attached hydrogen (secondary N) is 1. The van der Waals surface area contributed by atoms with Gasteiger partial charge in [0, 0.05) is 18.5 Å². The Morgan fingerprint density at radius 2 is 2.25 bits per heavy atom. The van der Waals surface area contributed by atoms with Gasteiger partial charge in [-0.3, -0.25) is 0 Å². The largest absolute Gasteiger partial charge is 0.428 e. The molecule has 0 fully saturated rings. The molecule has 4 nitrogen and oxygen atoms in total. The van der Waals surface area contributed by atoms with Gasteiger partial charge in [0.25, 0.3) is 0 Å². The predicted octanol–water partition coefficient (Wildman–Crippen LogP) is 1.00. The van der Waals surface area contributed by atoms with Crippen molar-refractivity contribution < 1.29 is 4.42 Å². The number of nitrogens with zero attached hydrogens (tertiary/aromatic N) is 2. The molecule has 0 radical (unpaired) electrons. The van der Waals surface area contributed by atoms with Gasteiger partial charge in [-0.2, -0.15) is 0 Å². The van der Waals surface area contributed by atoms with Crippen molar-refractivity contribution in [3.63, 3.8) is 0 Å². The Hall–Kier alpha value is -0.900. The Labute approximate surface area is 72.4 Å². The normalized spacial score (nSPS) is 11.9. The van der Waals surface area contributed by atoms with Crippen molar-refractivity contribution in [2.24, 2.45) is 0 Å². The smallest absolute Gasteiger partial charge is 0.217 e. The molecule has 4 heteroatoms. The zero-order chi connectivity index (χ0) is 9.03. The zero-order valence-corrected chi connectivity index (χ0v) is 7.79. The van der Waals surface area contributed by atoms with Gasteiger partial charge in [-0.05, 0) is 20.8 Å². The molecule has 0 saturated heterocycles. The summed E-state index contributed by atoms with van der Waals surface area (Å²) in [7, 11) is 0. The average Bonchev–Trinajstić information content (AvgIpc) is 2.36. The van der Waals surface area contributed by atoms with Crippen LogP contribution in [-0.2, 0) is 6.42 Å². The molecule has 1 aromatic heterocycles. The molecule has 0 aliphatic heterocycles. The third-order valence-corrected chi connectivity index (χ3v) is 1.40. The van der Waals surface area contributed by atoms with Crippen LogP contribution in [0.5, 0.6) is 0 Å². The molecule has 0 bridgehead atoms. The molecule has 12 heavy (non-hydrogen) atoms. The van der Waals surface area contributed by atoms with Crippen LogP contribution in [0.4, 0.5) is 0 Å². The lowest BCUT2D eigenvalue weighted by atomic mass is 10.1. The first-order valence-corrected chi connectivity index (χ1v) is 4.08. The second-order valence-corrected chi connectivity index (χ2v) is 3.76. The van der Waals surface area contributed by atoms with E-state index in [9.17, 15) is 0 Å². The van der Waals surface area contributed by atoms with Gasteiger partial charge in [0.1, 0.15) is 0 Å². The average molecular weight is 169 g/mol. The lowest BCUT2D eigenvalue weighted by Gasteiger charge is -2.19. The van der Waals surface area contributed by atoms with Crippen LogP contribution in [0.2, 0.25) is 0 Å². The summed E-state index contributed by atoms with van der Waals surface area (Å²) in [6.07, 6.45) is 2.14. The van der Waals surface area contributed by atoms with Crippen LogP contribution in [0.3, 0.4) is 0 Å². The van der Waals surface area contributed by atoms with Gasteiger partial charge in [-0.1, -0.05) is 0 Å². The maximum absolute atomic E-state index is 4.99. The van der Waals surface area contributed by atoms with Gasteiger partial charge in [-0.15, -0.1) is 10.2 Å². The highest BCUT2D eigenvalue weighted by molar-refractivity contribution is 4.77. The first kappa shape index (κ1) is 9.19. The minimum Gasteiger partial charge on any atom is -0.428 e. The molecule has 0 aliphatic rings. The molecule has 0 spiro atoms. The minimum atomic E-state index is 0.153.